The van der Waals surface area contributed by atoms with Crippen LogP contribution in [0.1, 0.15) is 26.2 Å². The summed E-state index contributed by atoms with van der Waals surface area (Å²) in [6, 6.07) is 0. The molecular weight excluding hydrogens is 445 g/mol. The molecule has 26 heavy (non-hydrogen) atoms. The van der Waals surface area contributed by atoms with Crippen molar-refractivity contribution in [1.82, 2.24) is 20.0 Å². The molecule has 152 valence electrons. The van der Waals surface area contributed by atoms with Crippen LogP contribution in [0.4, 0.5) is 0 Å². The zero-order valence-corrected chi connectivity index (χ0v) is 18.9. The second kappa shape index (κ2) is 12.7. The summed E-state index contributed by atoms with van der Waals surface area (Å²) in [6.07, 6.45) is 3.54. The first kappa shape index (κ1) is 23.4. The highest BCUT2D eigenvalue weighted by molar-refractivity contribution is 14.0. The number of aliphatic imine (C=N–C) groups is 1. The Bertz CT molecular complexity index is 441. The maximum Gasteiger partial charge on any atom is 0.243 e. The molecular formula is C18H36IN5O2. The minimum atomic E-state index is 0. The monoisotopic (exact) mass is 481 g/mol. The molecule has 0 aromatic carbocycles. The van der Waals surface area contributed by atoms with Crippen LogP contribution >= 0.6 is 24.0 Å². The number of carbonyl (C=O) groups excluding carboxylic acids is 1. The predicted molar refractivity (Wildman–Crippen MR) is 116 cm³/mol. The van der Waals surface area contributed by atoms with E-state index in [0.29, 0.717) is 5.92 Å². The fourth-order valence-corrected chi connectivity index (χ4v) is 3.26. The molecule has 2 saturated heterocycles. The van der Waals surface area contributed by atoms with Crippen molar-refractivity contribution in [2.75, 3.05) is 73.1 Å². The van der Waals surface area contributed by atoms with E-state index in [-0.39, 0.29) is 36.4 Å². The number of likely N-dealkylation sites (tertiary alicyclic amines) is 1. The van der Waals surface area contributed by atoms with Gasteiger partial charge in [-0.1, -0.05) is 6.92 Å². The molecule has 8 heteroatoms. The lowest BCUT2D eigenvalue weighted by Crippen LogP contribution is -2.47. The highest BCUT2D eigenvalue weighted by Crippen LogP contribution is 2.15. The van der Waals surface area contributed by atoms with E-state index < -0.39 is 0 Å². The van der Waals surface area contributed by atoms with Gasteiger partial charge in [0.15, 0.2) is 5.96 Å². The van der Waals surface area contributed by atoms with Gasteiger partial charge in [0.2, 0.25) is 5.91 Å². The molecule has 2 rings (SSSR count). The number of nitrogens with zero attached hydrogens (tertiary/aromatic N) is 4. The van der Waals surface area contributed by atoms with Crippen molar-refractivity contribution in [2.24, 2.45) is 10.9 Å². The summed E-state index contributed by atoms with van der Waals surface area (Å²) in [5.74, 6) is 1.61. The Morgan fingerprint density at radius 1 is 1.27 bits per heavy atom. The second-order valence-corrected chi connectivity index (χ2v) is 7.36. The number of nitrogens with one attached hydrogen (secondary N) is 1. The number of hydrogen-bond acceptors (Lipinski definition) is 4. The average Bonchev–Trinajstić information content (AvgIpc) is 2.61. The summed E-state index contributed by atoms with van der Waals surface area (Å²) in [4.78, 5) is 22.8. The van der Waals surface area contributed by atoms with Crippen LogP contribution in [-0.2, 0) is 9.53 Å². The standard InChI is InChI=1S/C18H35N5O2.HI/c1-16-6-4-9-23(15-16)18(20-14-17(24)21(2)3)19-7-5-8-22-10-12-25-13-11-22;/h16H,4-15H2,1-3H3,(H,19,20);1H. The molecule has 0 spiro atoms. The molecule has 1 unspecified atom stereocenters. The summed E-state index contributed by atoms with van der Waals surface area (Å²) in [6.45, 7) is 10.3. The Balaban J connectivity index is 0.00000338. The quantitative estimate of drug-likeness (QED) is 0.267. The lowest BCUT2D eigenvalue weighted by Gasteiger charge is -2.34. The molecule has 2 heterocycles. The zero-order valence-electron chi connectivity index (χ0n) is 16.6. The molecule has 7 nitrogen and oxygen atoms in total. The minimum absolute atomic E-state index is 0. The van der Waals surface area contributed by atoms with Crippen LogP contribution in [0.3, 0.4) is 0 Å². The van der Waals surface area contributed by atoms with E-state index in [9.17, 15) is 4.79 Å². The van der Waals surface area contributed by atoms with Gasteiger partial charge in [0, 0.05) is 46.8 Å². The Morgan fingerprint density at radius 2 is 2.00 bits per heavy atom. The molecule has 2 aliphatic heterocycles. The topological polar surface area (TPSA) is 60.4 Å². The molecule has 0 radical (unpaired) electrons. The third-order valence-electron chi connectivity index (χ3n) is 4.86. The van der Waals surface area contributed by atoms with Gasteiger partial charge in [-0.15, -0.1) is 24.0 Å². The Hall–Kier alpha value is -0.610. The number of likely N-dealkylation sites (N-methyl/N-ethyl adjacent to an activating group) is 1. The van der Waals surface area contributed by atoms with Crippen LogP contribution in [0.2, 0.25) is 0 Å². The van der Waals surface area contributed by atoms with Crippen molar-refractivity contribution in [3.63, 3.8) is 0 Å². The number of ether oxygens (including phenoxy) is 1. The second-order valence-electron chi connectivity index (χ2n) is 7.36. The van der Waals surface area contributed by atoms with E-state index in [1.807, 2.05) is 0 Å². The first-order valence-electron chi connectivity index (χ1n) is 9.60. The molecule has 0 saturated carbocycles. The third-order valence-corrected chi connectivity index (χ3v) is 4.86. The Kier molecular flexibility index (Phi) is 11.5. The predicted octanol–water partition coefficient (Wildman–Crippen LogP) is 1.09. The van der Waals surface area contributed by atoms with Crippen LogP contribution in [0.5, 0.6) is 0 Å². The lowest BCUT2D eigenvalue weighted by atomic mass is 10.0. The number of halogens is 1. The summed E-state index contributed by atoms with van der Waals surface area (Å²) < 4.78 is 5.39. The van der Waals surface area contributed by atoms with Crippen molar-refractivity contribution in [3.05, 3.63) is 0 Å². The maximum atomic E-state index is 11.9. The molecule has 0 bridgehead atoms. The lowest BCUT2D eigenvalue weighted by molar-refractivity contribution is -0.127. The molecule has 0 aliphatic carbocycles. The van der Waals surface area contributed by atoms with Gasteiger partial charge in [0.1, 0.15) is 6.54 Å². The summed E-state index contributed by atoms with van der Waals surface area (Å²) in [7, 11) is 3.55. The van der Waals surface area contributed by atoms with Crippen LogP contribution in [0, 0.1) is 5.92 Å². The Morgan fingerprint density at radius 3 is 2.65 bits per heavy atom. The van der Waals surface area contributed by atoms with E-state index in [4.69, 9.17) is 4.74 Å². The molecule has 0 aromatic rings. The van der Waals surface area contributed by atoms with Gasteiger partial charge in [0.05, 0.1) is 13.2 Å². The highest BCUT2D eigenvalue weighted by atomic mass is 127. The first-order valence-corrected chi connectivity index (χ1v) is 9.60. The number of hydrogen-bond donors (Lipinski definition) is 1. The van der Waals surface area contributed by atoms with Gasteiger partial charge in [-0.05, 0) is 31.7 Å². The van der Waals surface area contributed by atoms with Crippen molar-refractivity contribution in [2.45, 2.75) is 26.2 Å². The van der Waals surface area contributed by atoms with Crippen molar-refractivity contribution < 1.29 is 9.53 Å². The Labute approximate surface area is 175 Å². The summed E-state index contributed by atoms with van der Waals surface area (Å²) >= 11 is 0. The normalized spacial score (nSPS) is 21.9. The smallest absolute Gasteiger partial charge is 0.243 e. The van der Waals surface area contributed by atoms with E-state index in [0.717, 1.165) is 64.9 Å². The van der Waals surface area contributed by atoms with Crippen LogP contribution in [0.25, 0.3) is 0 Å². The largest absolute Gasteiger partial charge is 0.379 e. The number of piperidine rings is 1. The fourth-order valence-electron chi connectivity index (χ4n) is 3.26. The molecule has 1 atom stereocenters. The molecule has 2 aliphatic rings. The molecule has 2 fully saturated rings. The van der Waals surface area contributed by atoms with Crippen molar-refractivity contribution >= 4 is 35.8 Å². The van der Waals surface area contributed by atoms with Gasteiger partial charge in [-0.25, -0.2) is 4.99 Å². The van der Waals surface area contributed by atoms with Crippen LogP contribution < -0.4 is 5.32 Å². The van der Waals surface area contributed by atoms with Gasteiger partial charge in [0.25, 0.3) is 0 Å². The van der Waals surface area contributed by atoms with Crippen molar-refractivity contribution in [3.8, 4) is 0 Å². The van der Waals surface area contributed by atoms with Crippen molar-refractivity contribution in [1.29, 1.82) is 0 Å². The summed E-state index contributed by atoms with van der Waals surface area (Å²) in [5.41, 5.74) is 0. The molecule has 1 N–H and O–H groups in total. The SMILES string of the molecule is CC1CCCN(C(=NCC(=O)N(C)C)NCCCN2CCOCC2)C1.I. The van der Waals surface area contributed by atoms with Crippen LogP contribution in [0.15, 0.2) is 4.99 Å². The van der Waals surface area contributed by atoms with Gasteiger partial charge < -0.3 is 19.9 Å². The fraction of sp³-hybridized carbons (Fsp3) is 0.889. The van der Waals surface area contributed by atoms with E-state index in [2.05, 4.69) is 27.0 Å². The van der Waals surface area contributed by atoms with E-state index in [1.165, 1.54) is 12.8 Å². The highest BCUT2D eigenvalue weighted by Gasteiger charge is 2.20. The third kappa shape index (κ3) is 8.39. The first-order chi connectivity index (χ1) is 12.1. The molecule has 1 amide bonds. The number of guanidine groups is 1. The summed E-state index contributed by atoms with van der Waals surface area (Å²) in [5, 5.41) is 3.49. The zero-order chi connectivity index (χ0) is 18.1. The maximum absolute atomic E-state index is 11.9. The number of rotatable bonds is 6. The average molecular weight is 481 g/mol. The number of morpholine rings is 1. The van der Waals surface area contributed by atoms with Gasteiger partial charge in [-0.2, -0.15) is 0 Å². The van der Waals surface area contributed by atoms with E-state index >= 15 is 0 Å². The number of carbonyl (C=O) groups is 1. The van der Waals surface area contributed by atoms with Gasteiger partial charge >= 0.3 is 0 Å². The van der Waals surface area contributed by atoms with E-state index in [1.54, 1.807) is 19.0 Å². The number of amides is 1. The van der Waals surface area contributed by atoms with Gasteiger partial charge in [-0.3, -0.25) is 9.69 Å². The van der Waals surface area contributed by atoms with Crippen LogP contribution in [-0.4, -0.2) is 99.7 Å². The molecule has 0 aromatic heterocycles. The minimum Gasteiger partial charge on any atom is -0.379 e.